The first-order valence-electron chi connectivity index (χ1n) is 16.9. The van der Waals surface area contributed by atoms with Crippen molar-refractivity contribution in [3.05, 3.63) is 180 Å². The number of rotatable bonds is 4. The van der Waals surface area contributed by atoms with Gasteiger partial charge in [0.2, 0.25) is 0 Å². The topological polar surface area (TPSA) is 132 Å². The van der Waals surface area contributed by atoms with Crippen molar-refractivity contribution in [2.75, 3.05) is 0 Å². The number of nitrogens with zero attached hydrogens (tertiary/aromatic N) is 2. The molecule has 9 rings (SSSR count). The van der Waals surface area contributed by atoms with E-state index in [0.717, 1.165) is 89.4 Å². The molecule has 5 heterocycles. The lowest BCUT2D eigenvalue weighted by molar-refractivity contribution is 0.381. The van der Waals surface area contributed by atoms with E-state index >= 15 is 0 Å². The smallest absolute Gasteiger partial charge is 0.355 e. The Morgan fingerprint density at radius 3 is 1.47 bits per heavy atom. The van der Waals surface area contributed by atoms with Crippen molar-refractivity contribution >= 4 is 56.3 Å². The van der Waals surface area contributed by atoms with Gasteiger partial charge in [-0.3, -0.25) is 9.11 Å². The molecule has 0 spiro atoms. The maximum Gasteiger partial charge on any atom is 0.394 e. The highest BCUT2D eigenvalue weighted by Crippen LogP contribution is 2.45. The molecular weight excluding hydrogens is 681 g/mol. The zero-order valence-corrected chi connectivity index (χ0v) is 29.0. The van der Waals surface area contributed by atoms with Crippen LogP contribution in [0.25, 0.3) is 79.2 Å². The molecule has 0 unspecified atom stereocenters. The van der Waals surface area contributed by atoms with Gasteiger partial charge in [-0.05, 0) is 70.8 Å². The molecule has 0 fully saturated rings. The molecule has 2 aliphatic heterocycles. The summed E-state index contributed by atoms with van der Waals surface area (Å²) >= 11 is 0. The van der Waals surface area contributed by atoms with E-state index in [0.29, 0.717) is 0 Å². The number of aromatic amines is 2. The average molecular weight is 713 g/mol. The largest absolute Gasteiger partial charge is 0.394 e. The number of nitrogens with one attached hydrogen (secondary N) is 2. The normalized spacial score (nSPS) is 12.2. The Bertz CT molecular complexity index is 2790. The molecule has 0 saturated carbocycles. The Kier molecular flexibility index (Phi) is 8.95. The first-order valence-corrected chi connectivity index (χ1v) is 18.3. The minimum atomic E-state index is -4.67. The van der Waals surface area contributed by atoms with Crippen molar-refractivity contribution in [3.63, 3.8) is 0 Å². The summed E-state index contributed by atoms with van der Waals surface area (Å²) in [6, 6.07) is 53.0. The Hall–Kier alpha value is -6.65. The average Bonchev–Trinajstić information content (AvgIpc) is 3.97. The molecule has 2 aliphatic rings. The van der Waals surface area contributed by atoms with Gasteiger partial charge in [-0.25, -0.2) is 9.97 Å². The SMILES string of the molecule is C1=Cc2cc3[nH]c(c(-c4ccccc4)c4nc(cc5ccc(cc1n2)[nH]5)C=C4c1ccccc1)c(-c1ccccc1)c3-c1ccccc1.O=S(=O)(O)O. The Labute approximate surface area is 306 Å². The molecule has 7 aromatic rings. The summed E-state index contributed by atoms with van der Waals surface area (Å²) in [7, 11) is -4.67. The molecule has 0 saturated heterocycles. The molecule has 8 bridgehead atoms. The fourth-order valence-corrected chi connectivity index (χ4v) is 6.78. The van der Waals surface area contributed by atoms with E-state index in [1.54, 1.807) is 0 Å². The van der Waals surface area contributed by atoms with Gasteiger partial charge in [-0.15, -0.1) is 0 Å². The highest BCUT2D eigenvalue weighted by Gasteiger charge is 2.24. The number of aromatic nitrogens is 4. The molecule has 258 valence electrons. The van der Waals surface area contributed by atoms with Crippen LogP contribution < -0.4 is 0 Å². The summed E-state index contributed by atoms with van der Waals surface area (Å²) in [5.41, 5.74) is 16.3. The van der Waals surface area contributed by atoms with Gasteiger partial charge in [0.15, 0.2) is 0 Å². The molecule has 3 aromatic heterocycles. The molecular formula is C44H32N4O4S. The molecule has 4 aromatic carbocycles. The van der Waals surface area contributed by atoms with Crippen molar-refractivity contribution in [2.24, 2.45) is 0 Å². The van der Waals surface area contributed by atoms with Crippen LogP contribution >= 0.6 is 0 Å². The van der Waals surface area contributed by atoms with Crippen LogP contribution in [-0.4, -0.2) is 37.5 Å². The van der Waals surface area contributed by atoms with Gasteiger partial charge in [-0.2, -0.15) is 8.42 Å². The summed E-state index contributed by atoms with van der Waals surface area (Å²) in [5.74, 6) is 0. The Morgan fingerprint density at radius 1 is 0.472 bits per heavy atom. The van der Waals surface area contributed by atoms with Gasteiger partial charge in [0.25, 0.3) is 0 Å². The molecule has 4 N–H and O–H groups in total. The van der Waals surface area contributed by atoms with E-state index in [2.05, 4.69) is 180 Å². The Morgan fingerprint density at radius 2 is 0.925 bits per heavy atom. The third-order valence-electron chi connectivity index (χ3n) is 8.89. The van der Waals surface area contributed by atoms with Gasteiger partial charge in [0.1, 0.15) is 0 Å². The van der Waals surface area contributed by atoms with E-state index in [-0.39, 0.29) is 0 Å². The van der Waals surface area contributed by atoms with Crippen LogP contribution in [0.4, 0.5) is 0 Å². The molecule has 0 amide bonds. The second-order valence-electron chi connectivity index (χ2n) is 12.5. The minimum absolute atomic E-state index is 0.884. The van der Waals surface area contributed by atoms with Crippen molar-refractivity contribution in [1.82, 2.24) is 19.9 Å². The van der Waals surface area contributed by atoms with Crippen LogP contribution in [0, 0.1) is 0 Å². The first kappa shape index (κ1) is 33.5. The standard InChI is InChI=1S/C44H30N4.H2O4S/c1-5-13-29(14-6-1)38-27-37-26-35-22-21-33(45-35)25-34-23-24-36(46-34)28-39-40(30-15-7-2-8-16-30)41(31-17-9-3-10-18-31)44(48-39)42(43(38)47-37)32-19-11-4-12-20-32;1-5(2,3)4/h1-28,45,48H;(H2,1,2,3,4). The first-order chi connectivity index (χ1) is 25.8. The number of benzene rings is 4. The highest BCUT2D eigenvalue weighted by atomic mass is 32.3. The third kappa shape index (κ3) is 7.40. The zero-order valence-electron chi connectivity index (χ0n) is 28.2. The van der Waals surface area contributed by atoms with E-state index < -0.39 is 10.4 Å². The second kappa shape index (κ2) is 14.2. The predicted molar refractivity (Wildman–Crippen MR) is 214 cm³/mol. The van der Waals surface area contributed by atoms with E-state index in [1.807, 2.05) is 0 Å². The maximum absolute atomic E-state index is 8.74. The summed E-state index contributed by atoms with van der Waals surface area (Å²) < 4.78 is 31.6. The van der Waals surface area contributed by atoms with Crippen LogP contribution in [-0.2, 0) is 10.4 Å². The van der Waals surface area contributed by atoms with Gasteiger partial charge in [-0.1, -0.05) is 121 Å². The maximum atomic E-state index is 8.74. The molecule has 9 heteroatoms. The number of fused-ring (bicyclic) bond motifs is 8. The lowest BCUT2D eigenvalue weighted by Gasteiger charge is -2.12. The van der Waals surface area contributed by atoms with E-state index in [4.69, 9.17) is 27.5 Å². The Balaban J connectivity index is 0.000000752. The molecule has 0 atom stereocenters. The highest BCUT2D eigenvalue weighted by molar-refractivity contribution is 7.79. The summed E-state index contributed by atoms with van der Waals surface area (Å²) in [5, 5.41) is 0. The van der Waals surface area contributed by atoms with Gasteiger partial charge in [0.05, 0.1) is 28.3 Å². The number of hydrogen-bond acceptors (Lipinski definition) is 4. The van der Waals surface area contributed by atoms with Crippen LogP contribution in [0.5, 0.6) is 0 Å². The molecule has 0 radical (unpaired) electrons. The fourth-order valence-electron chi connectivity index (χ4n) is 6.78. The van der Waals surface area contributed by atoms with Crippen LogP contribution in [0.1, 0.15) is 28.3 Å². The monoisotopic (exact) mass is 712 g/mol. The van der Waals surface area contributed by atoms with E-state index in [1.165, 1.54) is 0 Å². The van der Waals surface area contributed by atoms with Crippen molar-refractivity contribution in [1.29, 1.82) is 0 Å². The van der Waals surface area contributed by atoms with E-state index in [9.17, 15) is 0 Å². The predicted octanol–water partition coefficient (Wildman–Crippen LogP) is 10.4. The van der Waals surface area contributed by atoms with Gasteiger partial charge < -0.3 is 9.97 Å². The molecule has 53 heavy (non-hydrogen) atoms. The van der Waals surface area contributed by atoms with Gasteiger partial charge >= 0.3 is 10.4 Å². The molecule has 0 aliphatic carbocycles. The fraction of sp³-hybridized carbons (Fsp3) is 0. The van der Waals surface area contributed by atoms with Crippen LogP contribution in [0.15, 0.2) is 152 Å². The second-order valence-corrected chi connectivity index (χ2v) is 13.4. The van der Waals surface area contributed by atoms with Crippen LogP contribution in [0.3, 0.4) is 0 Å². The van der Waals surface area contributed by atoms with Crippen molar-refractivity contribution in [3.8, 4) is 33.4 Å². The summed E-state index contributed by atoms with van der Waals surface area (Å²) in [6.07, 6.45) is 6.35. The lowest BCUT2D eigenvalue weighted by atomic mass is 9.91. The third-order valence-corrected chi connectivity index (χ3v) is 8.89. The quantitative estimate of drug-likeness (QED) is 0.134. The molecule has 8 nitrogen and oxygen atoms in total. The lowest BCUT2D eigenvalue weighted by Crippen LogP contribution is -1.92. The van der Waals surface area contributed by atoms with Crippen molar-refractivity contribution in [2.45, 2.75) is 0 Å². The van der Waals surface area contributed by atoms with Gasteiger partial charge in [0, 0.05) is 38.8 Å². The summed E-state index contributed by atoms with van der Waals surface area (Å²) in [4.78, 5) is 17.9. The number of hydrogen-bond donors (Lipinski definition) is 4. The summed E-state index contributed by atoms with van der Waals surface area (Å²) in [6.45, 7) is 0. The minimum Gasteiger partial charge on any atom is -0.355 e. The van der Waals surface area contributed by atoms with Crippen LogP contribution in [0.2, 0.25) is 0 Å². The zero-order chi connectivity index (χ0) is 36.4. The van der Waals surface area contributed by atoms with Crippen molar-refractivity contribution < 1.29 is 17.5 Å². The number of H-pyrrole nitrogens is 2.